The molecular weight excluding hydrogens is 314 g/mol. The van der Waals surface area contributed by atoms with E-state index in [9.17, 15) is 22.0 Å². The summed E-state index contributed by atoms with van der Waals surface area (Å²) in [6.45, 7) is 1.72. The van der Waals surface area contributed by atoms with Crippen molar-refractivity contribution in [3.8, 4) is 0 Å². The van der Waals surface area contributed by atoms with Crippen molar-refractivity contribution in [2.24, 2.45) is 0 Å². The second-order valence-corrected chi connectivity index (χ2v) is 6.00. The van der Waals surface area contributed by atoms with E-state index < -0.39 is 32.4 Å². The lowest BCUT2D eigenvalue weighted by atomic mass is 10.00. The second-order valence-electron chi connectivity index (χ2n) is 4.61. The Balaban J connectivity index is 2.51. The molecule has 2 rings (SSSR count). The maximum Gasteiger partial charge on any atom is 0.297 e. The van der Waals surface area contributed by atoms with Crippen molar-refractivity contribution in [2.75, 3.05) is 0 Å². The van der Waals surface area contributed by atoms with Gasteiger partial charge in [-0.25, -0.2) is 8.78 Å². The highest BCUT2D eigenvalue weighted by Gasteiger charge is 2.19. The summed E-state index contributed by atoms with van der Waals surface area (Å²) in [4.78, 5) is 11.3. The van der Waals surface area contributed by atoms with Gasteiger partial charge in [-0.05, 0) is 48.4 Å². The summed E-state index contributed by atoms with van der Waals surface area (Å²) in [6, 6.07) is 6.38. The molecule has 0 bridgehead atoms. The van der Waals surface area contributed by atoms with Gasteiger partial charge in [-0.2, -0.15) is 8.42 Å². The van der Waals surface area contributed by atoms with Gasteiger partial charge in [0.05, 0.1) is 0 Å². The highest BCUT2D eigenvalue weighted by atomic mass is 32.2. The first-order chi connectivity index (χ1) is 10.2. The lowest BCUT2D eigenvalue weighted by Crippen LogP contribution is -2.07. The summed E-state index contributed by atoms with van der Waals surface area (Å²) < 4.78 is 57.9. The third kappa shape index (κ3) is 3.20. The molecule has 0 saturated heterocycles. The van der Waals surface area contributed by atoms with Crippen LogP contribution in [0, 0.1) is 11.6 Å². The van der Waals surface area contributed by atoms with Crippen molar-refractivity contribution in [1.82, 2.24) is 0 Å². The molecule has 116 valence electrons. The Kier molecular flexibility index (Phi) is 4.39. The number of ketones is 1. The van der Waals surface area contributed by atoms with Crippen LogP contribution in [0.3, 0.4) is 0 Å². The van der Waals surface area contributed by atoms with E-state index in [0.717, 1.165) is 24.3 Å². The molecule has 1 N–H and O–H groups in total. The zero-order valence-corrected chi connectivity index (χ0v) is 12.3. The van der Waals surface area contributed by atoms with Gasteiger partial charge < -0.3 is 0 Å². The monoisotopic (exact) mass is 326 g/mol. The molecule has 0 aliphatic carbocycles. The summed E-state index contributed by atoms with van der Waals surface area (Å²) in [5.41, 5.74) is 0.358. The summed E-state index contributed by atoms with van der Waals surface area (Å²) >= 11 is 0. The van der Waals surface area contributed by atoms with Gasteiger partial charge in [0.1, 0.15) is 16.5 Å². The van der Waals surface area contributed by atoms with Crippen LogP contribution in [0.5, 0.6) is 0 Å². The molecule has 0 heterocycles. The molecule has 0 spiro atoms. The first-order valence-corrected chi connectivity index (χ1v) is 7.78. The number of aryl methyl sites for hydroxylation is 1. The fourth-order valence-electron chi connectivity index (χ4n) is 2.00. The molecule has 0 atom stereocenters. The van der Waals surface area contributed by atoms with Gasteiger partial charge in [-0.1, -0.05) is 6.92 Å². The quantitative estimate of drug-likeness (QED) is 0.692. The van der Waals surface area contributed by atoms with Gasteiger partial charge in [-0.3, -0.25) is 9.35 Å². The van der Waals surface area contributed by atoms with E-state index in [4.69, 9.17) is 4.55 Å². The average Bonchev–Trinajstić information content (AvgIpc) is 2.46. The van der Waals surface area contributed by atoms with Gasteiger partial charge >= 0.3 is 0 Å². The van der Waals surface area contributed by atoms with Gasteiger partial charge in [0.15, 0.2) is 5.78 Å². The fraction of sp³-hybridized carbons (Fsp3) is 0.133. The summed E-state index contributed by atoms with van der Waals surface area (Å²) in [5, 5.41) is 0. The molecule has 0 aromatic heterocycles. The molecule has 2 aromatic rings. The number of benzene rings is 2. The number of hydrogen-bond acceptors (Lipinski definition) is 3. The molecule has 0 amide bonds. The molecule has 0 radical (unpaired) electrons. The molecule has 0 fully saturated rings. The summed E-state index contributed by atoms with van der Waals surface area (Å²) in [6.07, 6.45) is 0.382. The van der Waals surface area contributed by atoms with E-state index in [1.807, 2.05) is 0 Å². The van der Waals surface area contributed by atoms with Crippen LogP contribution in [-0.2, 0) is 16.5 Å². The number of rotatable bonds is 4. The minimum atomic E-state index is -4.78. The molecule has 7 heteroatoms. The third-order valence-corrected chi connectivity index (χ3v) is 4.03. The lowest BCUT2D eigenvalue weighted by molar-refractivity contribution is 0.103. The molecular formula is C15H12F2O4S. The van der Waals surface area contributed by atoms with Crippen molar-refractivity contribution in [1.29, 1.82) is 0 Å². The maximum atomic E-state index is 13.4. The number of carbonyl (C=O) groups is 1. The van der Waals surface area contributed by atoms with Crippen molar-refractivity contribution in [3.05, 3.63) is 64.7 Å². The van der Waals surface area contributed by atoms with Crippen LogP contribution < -0.4 is 0 Å². The molecule has 0 saturated carbocycles. The topological polar surface area (TPSA) is 71.4 Å². The molecule has 0 aliphatic heterocycles. The van der Waals surface area contributed by atoms with Crippen LogP contribution in [0.4, 0.5) is 8.78 Å². The van der Waals surface area contributed by atoms with Gasteiger partial charge in [0.2, 0.25) is 0 Å². The van der Waals surface area contributed by atoms with E-state index in [1.54, 1.807) is 6.92 Å². The molecule has 0 unspecified atom stereocenters. The fourth-order valence-corrected chi connectivity index (χ4v) is 2.59. The molecule has 0 aliphatic rings. The van der Waals surface area contributed by atoms with Crippen LogP contribution in [0.15, 0.2) is 41.3 Å². The van der Waals surface area contributed by atoms with Crippen LogP contribution >= 0.6 is 0 Å². The minimum Gasteiger partial charge on any atom is -0.289 e. The van der Waals surface area contributed by atoms with E-state index in [0.29, 0.717) is 12.0 Å². The summed E-state index contributed by atoms with van der Waals surface area (Å²) in [5.74, 6) is -2.20. The van der Waals surface area contributed by atoms with E-state index in [1.165, 1.54) is 12.1 Å². The molecule has 4 nitrogen and oxygen atoms in total. The second kappa shape index (κ2) is 5.94. The molecule has 2 aromatic carbocycles. The Morgan fingerprint density at radius 1 is 1.05 bits per heavy atom. The maximum absolute atomic E-state index is 13.4. The van der Waals surface area contributed by atoms with Crippen LogP contribution in [0.1, 0.15) is 28.4 Å². The van der Waals surface area contributed by atoms with E-state index in [2.05, 4.69) is 0 Å². The number of halogens is 2. The van der Waals surface area contributed by atoms with E-state index in [-0.39, 0.29) is 11.1 Å². The van der Waals surface area contributed by atoms with Gasteiger partial charge in [-0.15, -0.1) is 0 Å². The predicted octanol–water partition coefficient (Wildman–Crippen LogP) is 3.00. The number of carbonyl (C=O) groups excluding carboxylic acids is 1. The van der Waals surface area contributed by atoms with Crippen LogP contribution in [0.25, 0.3) is 0 Å². The average molecular weight is 326 g/mol. The Bertz CT molecular complexity index is 845. The Labute approximate surface area is 126 Å². The van der Waals surface area contributed by atoms with E-state index >= 15 is 0 Å². The standard InChI is InChI=1S/C15H12F2O4S/c1-2-9-7-10(3-5-12(9)16)15(18)11-4-6-13(17)14(8-11)22(19,20)21/h3-8H,2H2,1H3,(H,19,20,21). The van der Waals surface area contributed by atoms with Crippen molar-refractivity contribution in [3.63, 3.8) is 0 Å². The van der Waals surface area contributed by atoms with Gasteiger partial charge in [0, 0.05) is 11.1 Å². The largest absolute Gasteiger partial charge is 0.297 e. The highest BCUT2D eigenvalue weighted by Crippen LogP contribution is 2.20. The molecule has 22 heavy (non-hydrogen) atoms. The first-order valence-electron chi connectivity index (χ1n) is 6.34. The van der Waals surface area contributed by atoms with Crippen molar-refractivity contribution < 1.29 is 26.5 Å². The van der Waals surface area contributed by atoms with Crippen LogP contribution in [0.2, 0.25) is 0 Å². The van der Waals surface area contributed by atoms with Crippen molar-refractivity contribution in [2.45, 2.75) is 18.2 Å². The predicted molar refractivity (Wildman–Crippen MR) is 75.4 cm³/mol. The van der Waals surface area contributed by atoms with Crippen molar-refractivity contribution >= 4 is 15.9 Å². The lowest BCUT2D eigenvalue weighted by Gasteiger charge is -2.06. The normalized spacial score (nSPS) is 11.5. The zero-order chi connectivity index (χ0) is 16.5. The highest BCUT2D eigenvalue weighted by molar-refractivity contribution is 7.85. The minimum absolute atomic E-state index is 0.123. The Morgan fingerprint density at radius 2 is 1.59 bits per heavy atom. The van der Waals surface area contributed by atoms with Crippen LogP contribution in [-0.4, -0.2) is 18.8 Å². The zero-order valence-electron chi connectivity index (χ0n) is 11.5. The Hall–Kier alpha value is -2.12. The third-order valence-electron chi connectivity index (χ3n) is 3.16. The smallest absolute Gasteiger partial charge is 0.289 e. The van der Waals surface area contributed by atoms with Gasteiger partial charge in [0.25, 0.3) is 10.1 Å². The Morgan fingerprint density at radius 3 is 2.14 bits per heavy atom. The first kappa shape index (κ1) is 16.3. The summed E-state index contributed by atoms with van der Waals surface area (Å²) in [7, 11) is -4.78. The number of hydrogen-bond donors (Lipinski definition) is 1. The SMILES string of the molecule is CCc1cc(C(=O)c2ccc(F)c(S(=O)(=O)O)c2)ccc1F.